The lowest BCUT2D eigenvalue weighted by Crippen LogP contribution is -2.43. The summed E-state index contributed by atoms with van der Waals surface area (Å²) in [6, 6.07) is 4.60. The maximum atomic E-state index is 12.2. The van der Waals surface area contributed by atoms with Crippen molar-refractivity contribution in [3.05, 3.63) is 29.3 Å². The van der Waals surface area contributed by atoms with Crippen LogP contribution in [0.1, 0.15) is 42.6 Å². The van der Waals surface area contributed by atoms with Crippen LogP contribution >= 0.6 is 0 Å². The van der Waals surface area contributed by atoms with Crippen molar-refractivity contribution in [1.82, 2.24) is 4.90 Å². The van der Waals surface area contributed by atoms with Gasteiger partial charge in [-0.3, -0.25) is 0 Å². The van der Waals surface area contributed by atoms with Crippen LogP contribution < -0.4 is 5.32 Å². The number of benzene rings is 1. The Bertz CT molecular complexity index is 557. The predicted molar refractivity (Wildman–Crippen MR) is 81.7 cm³/mol. The number of aromatic carboxylic acids is 1. The van der Waals surface area contributed by atoms with E-state index in [0.717, 1.165) is 31.5 Å². The van der Waals surface area contributed by atoms with E-state index in [1.807, 2.05) is 4.90 Å². The molecule has 1 heterocycles. The van der Waals surface area contributed by atoms with E-state index in [1.54, 1.807) is 19.1 Å². The molecular weight excluding hydrogens is 268 g/mol. The number of carbonyl (C=O) groups excluding carboxylic acids is 1. The van der Waals surface area contributed by atoms with Crippen LogP contribution in [-0.2, 0) is 0 Å². The molecule has 2 N–H and O–H groups in total. The van der Waals surface area contributed by atoms with Crippen LogP contribution in [-0.4, -0.2) is 35.1 Å². The molecule has 1 aromatic rings. The second-order valence-corrected chi connectivity index (χ2v) is 6.42. The number of likely N-dealkylation sites (tertiary alicyclic amines) is 1. The molecule has 1 aliphatic rings. The van der Waals surface area contributed by atoms with Gasteiger partial charge in [-0.2, -0.15) is 0 Å². The first-order valence-corrected chi connectivity index (χ1v) is 7.18. The predicted octanol–water partition coefficient (Wildman–Crippen LogP) is 3.35. The minimum Gasteiger partial charge on any atom is -0.478 e. The molecule has 5 nitrogen and oxygen atoms in total. The van der Waals surface area contributed by atoms with E-state index in [2.05, 4.69) is 19.2 Å². The zero-order valence-electron chi connectivity index (χ0n) is 12.8. The third-order valence-electron chi connectivity index (χ3n) is 4.12. The van der Waals surface area contributed by atoms with Crippen LogP contribution in [0.4, 0.5) is 10.5 Å². The van der Waals surface area contributed by atoms with E-state index in [4.69, 9.17) is 5.11 Å². The lowest BCUT2D eigenvalue weighted by molar-refractivity contribution is 0.0696. The highest BCUT2D eigenvalue weighted by Crippen LogP contribution is 2.30. The van der Waals surface area contributed by atoms with Crippen molar-refractivity contribution >= 4 is 17.7 Å². The minimum absolute atomic E-state index is 0.114. The van der Waals surface area contributed by atoms with Gasteiger partial charge in [-0.05, 0) is 48.9 Å². The van der Waals surface area contributed by atoms with Crippen LogP contribution in [0.15, 0.2) is 18.2 Å². The number of aryl methyl sites for hydroxylation is 1. The summed E-state index contributed by atoms with van der Waals surface area (Å²) >= 11 is 0. The van der Waals surface area contributed by atoms with Gasteiger partial charge in [0.25, 0.3) is 0 Å². The topological polar surface area (TPSA) is 69.6 Å². The largest absolute Gasteiger partial charge is 0.478 e. The maximum Gasteiger partial charge on any atom is 0.335 e. The number of urea groups is 1. The number of carboxylic acids is 1. The normalized spacial score (nSPS) is 17.4. The fourth-order valence-corrected chi connectivity index (χ4v) is 2.45. The number of nitrogens with zero attached hydrogens (tertiary/aromatic N) is 1. The molecule has 2 rings (SSSR count). The van der Waals surface area contributed by atoms with Gasteiger partial charge in [-0.15, -0.1) is 0 Å². The number of piperidine rings is 1. The molecule has 114 valence electrons. The fourth-order valence-electron chi connectivity index (χ4n) is 2.45. The van der Waals surface area contributed by atoms with Gasteiger partial charge in [0.1, 0.15) is 0 Å². The fraction of sp³-hybridized carbons (Fsp3) is 0.500. The molecule has 1 aromatic carbocycles. The second-order valence-electron chi connectivity index (χ2n) is 6.42. The molecule has 0 spiro atoms. The number of carbonyl (C=O) groups is 2. The number of amides is 2. The van der Waals surface area contributed by atoms with Gasteiger partial charge in [-0.25, -0.2) is 9.59 Å². The highest BCUT2D eigenvalue weighted by Gasteiger charge is 2.27. The Morgan fingerprint density at radius 1 is 1.24 bits per heavy atom. The van der Waals surface area contributed by atoms with E-state index in [9.17, 15) is 9.59 Å². The summed E-state index contributed by atoms with van der Waals surface area (Å²) in [4.78, 5) is 25.0. The molecule has 0 bridgehead atoms. The Labute approximate surface area is 125 Å². The van der Waals surface area contributed by atoms with Gasteiger partial charge in [-0.1, -0.05) is 13.8 Å². The Balaban J connectivity index is 2.02. The summed E-state index contributed by atoms with van der Waals surface area (Å²) in [6.45, 7) is 7.74. The van der Waals surface area contributed by atoms with Crippen molar-refractivity contribution in [3.8, 4) is 0 Å². The van der Waals surface area contributed by atoms with E-state index in [-0.39, 0.29) is 11.6 Å². The van der Waals surface area contributed by atoms with Crippen LogP contribution in [0.2, 0.25) is 0 Å². The second kappa shape index (κ2) is 5.76. The first-order chi connectivity index (χ1) is 9.78. The summed E-state index contributed by atoms with van der Waals surface area (Å²) in [5, 5.41) is 11.8. The number of rotatable bonds is 2. The summed E-state index contributed by atoms with van der Waals surface area (Å²) < 4.78 is 0. The van der Waals surface area contributed by atoms with Gasteiger partial charge in [0.2, 0.25) is 0 Å². The van der Waals surface area contributed by atoms with Crippen molar-refractivity contribution in [1.29, 1.82) is 0 Å². The van der Waals surface area contributed by atoms with E-state index in [1.165, 1.54) is 6.07 Å². The number of carboxylic acid groups (broad SMARTS) is 1. The number of hydrogen-bond donors (Lipinski definition) is 2. The smallest absolute Gasteiger partial charge is 0.335 e. The summed E-state index contributed by atoms with van der Waals surface area (Å²) in [5.74, 6) is -0.964. The van der Waals surface area contributed by atoms with Crippen LogP contribution in [0.25, 0.3) is 0 Å². The minimum atomic E-state index is -0.964. The van der Waals surface area contributed by atoms with Crippen molar-refractivity contribution in [2.24, 2.45) is 5.41 Å². The molecule has 0 saturated carbocycles. The SMILES string of the molecule is Cc1cc(C(=O)O)ccc1NC(=O)N1CCC(C)(C)CC1. The van der Waals surface area contributed by atoms with E-state index >= 15 is 0 Å². The van der Waals surface area contributed by atoms with Crippen molar-refractivity contribution in [2.75, 3.05) is 18.4 Å². The van der Waals surface area contributed by atoms with Crippen molar-refractivity contribution < 1.29 is 14.7 Å². The molecule has 0 aliphatic carbocycles. The quantitative estimate of drug-likeness (QED) is 0.877. The zero-order chi connectivity index (χ0) is 15.6. The Morgan fingerprint density at radius 2 is 1.86 bits per heavy atom. The molecule has 1 fully saturated rings. The highest BCUT2D eigenvalue weighted by atomic mass is 16.4. The van der Waals surface area contributed by atoms with Crippen LogP contribution in [0.3, 0.4) is 0 Å². The lowest BCUT2D eigenvalue weighted by atomic mass is 9.83. The van der Waals surface area contributed by atoms with Gasteiger partial charge in [0.05, 0.1) is 5.56 Å². The molecule has 1 aliphatic heterocycles. The van der Waals surface area contributed by atoms with Gasteiger partial charge in [0, 0.05) is 18.8 Å². The van der Waals surface area contributed by atoms with Gasteiger partial charge >= 0.3 is 12.0 Å². The molecular formula is C16H22N2O3. The Morgan fingerprint density at radius 3 is 2.38 bits per heavy atom. The highest BCUT2D eigenvalue weighted by molar-refractivity contribution is 5.92. The Kier molecular flexibility index (Phi) is 4.21. The monoisotopic (exact) mass is 290 g/mol. The van der Waals surface area contributed by atoms with Gasteiger partial charge < -0.3 is 15.3 Å². The molecule has 0 radical (unpaired) electrons. The van der Waals surface area contributed by atoms with Crippen LogP contribution in [0.5, 0.6) is 0 Å². The van der Waals surface area contributed by atoms with Crippen LogP contribution in [0, 0.1) is 12.3 Å². The van der Waals surface area contributed by atoms with E-state index < -0.39 is 5.97 Å². The lowest BCUT2D eigenvalue weighted by Gasteiger charge is -2.36. The summed E-state index contributed by atoms with van der Waals surface area (Å²) in [6.07, 6.45) is 1.99. The number of hydrogen-bond acceptors (Lipinski definition) is 2. The van der Waals surface area contributed by atoms with Crippen molar-refractivity contribution in [3.63, 3.8) is 0 Å². The average molecular weight is 290 g/mol. The summed E-state index contributed by atoms with van der Waals surface area (Å²) in [7, 11) is 0. The number of anilines is 1. The van der Waals surface area contributed by atoms with Gasteiger partial charge in [0.15, 0.2) is 0 Å². The molecule has 0 aromatic heterocycles. The van der Waals surface area contributed by atoms with E-state index in [0.29, 0.717) is 11.1 Å². The first kappa shape index (κ1) is 15.4. The molecule has 0 atom stereocenters. The molecule has 21 heavy (non-hydrogen) atoms. The average Bonchev–Trinajstić information content (AvgIpc) is 2.40. The third-order valence-corrected chi connectivity index (χ3v) is 4.12. The zero-order valence-corrected chi connectivity index (χ0v) is 12.8. The third kappa shape index (κ3) is 3.74. The molecule has 2 amide bonds. The Hall–Kier alpha value is -2.04. The molecule has 5 heteroatoms. The molecule has 0 unspecified atom stereocenters. The molecule has 1 saturated heterocycles. The maximum absolute atomic E-state index is 12.2. The number of nitrogens with one attached hydrogen (secondary N) is 1. The summed E-state index contributed by atoms with van der Waals surface area (Å²) in [5.41, 5.74) is 1.94. The standard InChI is InChI=1S/C16H22N2O3/c1-11-10-12(14(19)20)4-5-13(11)17-15(21)18-8-6-16(2,3)7-9-18/h4-5,10H,6-9H2,1-3H3,(H,17,21)(H,19,20). The first-order valence-electron chi connectivity index (χ1n) is 7.18. The van der Waals surface area contributed by atoms with Crippen molar-refractivity contribution in [2.45, 2.75) is 33.6 Å².